The van der Waals surface area contributed by atoms with E-state index in [9.17, 15) is 0 Å². The van der Waals surface area contributed by atoms with Gasteiger partial charge in [-0.25, -0.2) is 4.68 Å². The highest BCUT2D eigenvalue weighted by Crippen LogP contribution is 2.40. The van der Waals surface area contributed by atoms with Crippen LogP contribution in [0.3, 0.4) is 0 Å². The lowest BCUT2D eigenvalue weighted by molar-refractivity contribution is 0.311. The Kier molecular flexibility index (Phi) is 5.13. The van der Waals surface area contributed by atoms with E-state index >= 15 is 0 Å². The molecule has 0 saturated carbocycles. The normalized spacial score (nSPS) is 19.2. The molecule has 2 atom stereocenters. The molecule has 7 nitrogen and oxygen atoms in total. The molecule has 3 aromatic heterocycles. The van der Waals surface area contributed by atoms with E-state index in [0.29, 0.717) is 0 Å². The fourth-order valence-corrected chi connectivity index (χ4v) is 4.38. The molecular weight excluding hydrogens is 370 g/mol. The number of nitrogens with one attached hydrogen (secondary N) is 1. The van der Waals surface area contributed by atoms with Crippen molar-refractivity contribution in [2.24, 2.45) is 0 Å². The van der Waals surface area contributed by atoms with Gasteiger partial charge in [0.2, 0.25) is 0 Å². The van der Waals surface area contributed by atoms with E-state index in [1.165, 1.54) is 5.56 Å². The minimum atomic E-state index is 0.0143. The van der Waals surface area contributed by atoms with Gasteiger partial charge >= 0.3 is 0 Å². The Morgan fingerprint density at radius 2 is 1.96 bits per heavy atom. The maximum absolute atomic E-state index is 5.73. The lowest BCUT2D eigenvalue weighted by Crippen LogP contribution is -2.30. The number of pyridine rings is 1. The Hall–Kier alpha value is -2.74. The number of hydrogen-bond donors (Lipinski definition) is 1. The third-order valence-electron chi connectivity index (χ3n) is 5.34. The van der Waals surface area contributed by atoms with Crippen LogP contribution in [0.5, 0.6) is 0 Å². The molecule has 1 fully saturated rings. The fraction of sp³-hybridized carbons (Fsp3) is 0.400. The largest absolute Gasteiger partial charge is 0.352 e. The SMILES string of the molecule is CCCCN1C(=S)N[C@@H](c2ccccn2)[C@@H]1c1cc(C)n(-n2cnnc2)c1C. The van der Waals surface area contributed by atoms with Crippen LogP contribution in [-0.2, 0) is 0 Å². The van der Waals surface area contributed by atoms with Gasteiger partial charge in [-0.3, -0.25) is 9.66 Å². The highest BCUT2D eigenvalue weighted by atomic mass is 32.1. The van der Waals surface area contributed by atoms with Crippen molar-refractivity contribution < 1.29 is 0 Å². The van der Waals surface area contributed by atoms with Crippen molar-refractivity contribution >= 4 is 17.3 Å². The highest BCUT2D eigenvalue weighted by Gasteiger charge is 2.41. The van der Waals surface area contributed by atoms with E-state index in [2.05, 4.69) is 63.0 Å². The lowest BCUT2D eigenvalue weighted by Gasteiger charge is -2.28. The summed E-state index contributed by atoms with van der Waals surface area (Å²) in [6.45, 7) is 7.36. The number of nitrogens with zero attached hydrogens (tertiary/aromatic N) is 6. The third-order valence-corrected chi connectivity index (χ3v) is 5.69. The standard InChI is InChI=1S/C20H25N7S/c1-4-5-10-26-19(18(24-20(26)28)17-8-6-7-9-21-17)16-11-14(2)27(15(16)3)25-12-22-23-13-25/h6-9,11-13,18-19H,4-5,10H2,1-3H3,(H,24,28)/t18-,19-/m0/s1. The number of thiocarbonyl (C=S) groups is 1. The van der Waals surface area contributed by atoms with Crippen LogP contribution in [-0.4, -0.2) is 41.1 Å². The summed E-state index contributed by atoms with van der Waals surface area (Å²) in [5.74, 6) is 0. The third kappa shape index (κ3) is 3.17. The predicted octanol–water partition coefficient (Wildman–Crippen LogP) is 3.18. The summed E-state index contributed by atoms with van der Waals surface area (Å²) in [6, 6.07) is 8.38. The van der Waals surface area contributed by atoms with E-state index in [-0.39, 0.29) is 12.1 Å². The fourth-order valence-electron chi connectivity index (χ4n) is 4.04. The van der Waals surface area contributed by atoms with Crippen LogP contribution >= 0.6 is 12.2 Å². The second-order valence-electron chi connectivity index (χ2n) is 7.15. The Labute approximate surface area is 170 Å². The van der Waals surface area contributed by atoms with Crippen molar-refractivity contribution in [2.75, 3.05) is 6.54 Å². The molecule has 0 amide bonds. The molecule has 0 bridgehead atoms. The van der Waals surface area contributed by atoms with E-state index in [1.807, 2.05) is 23.0 Å². The smallest absolute Gasteiger partial charge is 0.170 e. The molecule has 0 aliphatic carbocycles. The molecule has 4 rings (SSSR count). The molecule has 1 aliphatic rings. The van der Waals surface area contributed by atoms with Crippen LogP contribution in [0, 0.1) is 13.8 Å². The summed E-state index contributed by atoms with van der Waals surface area (Å²) >= 11 is 5.73. The second-order valence-corrected chi connectivity index (χ2v) is 7.54. The number of rotatable bonds is 6. The molecule has 0 radical (unpaired) electrons. The first-order valence-electron chi connectivity index (χ1n) is 9.64. The first-order valence-corrected chi connectivity index (χ1v) is 10.0. The molecular formula is C20H25N7S. The molecule has 1 aliphatic heterocycles. The van der Waals surface area contributed by atoms with Crippen molar-refractivity contribution in [1.82, 2.24) is 34.8 Å². The van der Waals surface area contributed by atoms with Gasteiger partial charge in [0.15, 0.2) is 5.11 Å². The zero-order chi connectivity index (χ0) is 19.7. The van der Waals surface area contributed by atoms with Crippen LogP contribution in [0.4, 0.5) is 0 Å². The van der Waals surface area contributed by atoms with Crippen molar-refractivity contribution in [2.45, 2.75) is 45.7 Å². The van der Waals surface area contributed by atoms with Crippen molar-refractivity contribution in [3.8, 4) is 0 Å². The number of hydrogen-bond acceptors (Lipinski definition) is 4. The average molecular weight is 396 g/mol. The summed E-state index contributed by atoms with van der Waals surface area (Å²) < 4.78 is 4.03. The molecule has 0 spiro atoms. The quantitative estimate of drug-likeness (QED) is 0.647. The first-order chi connectivity index (χ1) is 13.6. The van der Waals surface area contributed by atoms with E-state index < -0.39 is 0 Å². The summed E-state index contributed by atoms with van der Waals surface area (Å²) in [5.41, 5.74) is 4.52. The van der Waals surface area contributed by atoms with Crippen LogP contribution in [0.15, 0.2) is 43.1 Å². The van der Waals surface area contributed by atoms with Crippen LogP contribution in [0.1, 0.15) is 54.5 Å². The lowest BCUT2D eigenvalue weighted by atomic mass is 9.96. The number of aryl methyl sites for hydroxylation is 1. The Morgan fingerprint density at radius 1 is 1.18 bits per heavy atom. The zero-order valence-electron chi connectivity index (χ0n) is 16.4. The number of unbranched alkanes of at least 4 members (excludes halogenated alkanes) is 1. The van der Waals surface area contributed by atoms with Crippen molar-refractivity contribution in [3.05, 3.63) is 65.8 Å². The predicted molar refractivity (Wildman–Crippen MR) is 112 cm³/mol. The number of aromatic nitrogens is 5. The molecule has 8 heteroatoms. The molecule has 146 valence electrons. The minimum Gasteiger partial charge on any atom is -0.352 e. The topological polar surface area (TPSA) is 63.8 Å². The zero-order valence-corrected chi connectivity index (χ0v) is 17.2. The average Bonchev–Trinajstić information content (AvgIpc) is 3.39. The minimum absolute atomic E-state index is 0.0143. The van der Waals surface area contributed by atoms with Crippen molar-refractivity contribution in [3.63, 3.8) is 0 Å². The molecule has 1 N–H and O–H groups in total. The van der Waals surface area contributed by atoms with Gasteiger partial charge in [-0.2, -0.15) is 0 Å². The van der Waals surface area contributed by atoms with Gasteiger partial charge in [-0.05, 0) is 50.7 Å². The van der Waals surface area contributed by atoms with Gasteiger partial charge in [0.05, 0.1) is 17.8 Å². The van der Waals surface area contributed by atoms with Crippen LogP contribution in [0.25, 0.3) is 0 Å². The van der Waals surface area contributed by atoms with E-state index in [1.54, 1.807) is 12.7 Å². The Morgan fingerprint density at radius 3 is 2.64 bits per heavy atom. The van der Waals surface area contributed by atoms with Gasteiger partial charge in [0.25, 0.3) is 0 Å². The van der Waals surface area contributed by atoms with Crippen LogP contribution < -0.4 is 5.32 Å². The summed E-state index contributed by atoms with van der Waals surface area (Å²) in [5, 5.41) is 12.2. The molecule has 28 heavy (non-hydrogen) atoms. The highest BCUT2D eigenvalue weighted by molar-refractivity contribution is 7.80. The molecule has 3 aromatic rings. The Balaban J connectivity index is 1.81. The summed E-state index contributed by atoms with van der Waals surface area (Å²) in [4.78, 5) is 6.93. The van der Waals surface area contributed by atoms with E-state index in [0.717, 1.165) is 41.6 Å². The molecule has 1 saturated heterocycles. The van der Waals surface area contributed by atoms with Gasteiger partial charge in [0.1, 0.15) is 12.7 Å². The maximum Gasteiger partial charge on any atom is 0.170 e. The molecule has 0 unspecified atom stereocenters. The van der Waals surface area contributed by atoms with Gasteiger partial charge in [0, 0.05) is 29.7 Å². The van der Waals surface area contributed by atoms with Gasteiger partial charge in [-0.1, -0.05) is 19.4 Å². The molecule has 0 aromatic carbocycles. The van der Waals surface area contributed by atoms with Crippen molar-refractivity contribution in [1.29, 1.82) is 0 Å². The van der Waals surface area contributed by atoms with Crippen LogP contribution in [0.2, 0.25) is 0 Å². The second kappa shape index (κ2) is 7.71. The monoisotopic (exact) mass is 395 g/mol. The summed E-state index contributed by atoms with van der Waals surface area (Å²) in [6.07, 6.45) is 7.49. The maximum atomic E-state index is 5.73. The van der Waals surface area contributed by atoms with Gasteiger partial charge < -0.3 is 10.2 Å². The van der Waals surface area contributed by atoms with Gasteiger partial charge in [-0.15, -0.1) is 10.2 Å². The van der Waals surface area contributed by atoms with E-state index in [4.69, 9.17) is 12.2 Å². The first kappa shape index (κ1) is 18.6. The molecule has 4 heterocycles. The summed E-state index contributed by atoms with van der Waals surface area (Å²) in [7, 11) is 0. The Bertz CT molecular complexity index is 949.